The van der Waals surface area contributed by atoms with Gasteiger partial charge in [-0.2, -0.15) is 0 Å². The van der Waals surface area contributed by atoms with E-state index in [-0.39, 0.29) is 11.6 Å². The SMILES string of the molecule is CCOP(=O)(OC)C(c1ccccc1CC)C(OC)O[Si](C)(C)C(C)(C)C. The highest BCUT2D eigenvalue weighted by Crippen LogP contribution is 2.63. The Morgan fingerprint density at radius 2 is 1.70 bits per heavy atom. The predicted octanol–water partition coefficient (Wildman–Crippen LogP) is 6.16. The van der Waals surface area contributed by atoms with E-state index in [1.54, 1.807) is 7.11 Å². The van der Waals surface area contributed by atoms with Crippen molar-refractivity contribution >= 4 is 15.9 Å². The molecule has 0 spiro atoms. The van der Waals surface area contributed by atoms with E-state index < -0.39 is 27.9 Å². The Morgan fingerprint density at radius 3 is 2.15 bits per heavy atom. The second kappa shape index (κ2) is 9.81. The molecule has 156 valence electrons. The summed E-state index contributed by atoms with van der Waals surface area (Å²) in [6.07, 6.45) is 0.0786. The third kappa shape index (κ3) is 5.75. The number of rotatable bonds is 10. The van der Waals surface area contributed by atoms with Crippen LogP contribution in [-0.4, -0.2) is 35.4 Å². The van der Waals surface area contributed by atoms with Crippen LogP contribution in [-0.2, 0) is 29.2 Å². The molecule has 0 bridgehead atoms. The second-order valence-electron chi connectivity index (χ2n) is 8.12. The maximum atomic E-state index is 13.7. The van der Waals surface area contributed by atoms with Gasteiger partial charge in [0.05, 0.1) is 6.61 Å². The first-order valence-corrected chi connectivity index (χ1v) is 14.1. The minimum atomic E-state index is -3.51. The van der Waals surface area contributed by atoms with E-state index in [9.17, 15) is 4.57 Å². The molecule has 1 aromatic rings. The molecule has 3 atom stereocenters. The molecule has 0 fully saturated rings. The van der Waals surface area contributed by atoms with Gasteiger partial charge in [-0.1, -0.05) is 52.0 Å². The van der Waals surface area contributed by atoms with Gasteiger partial charge in [-0.3, -0.25) is 4.57 Å². The molecule has 0 aliphatic carbocycles. The number of hydrogen-bond donors (Lipinski definition) is 0. The van der Waals surface area contributed by atoms with Crippen LogP contribution in [0.5, 0.6) is 0 Å². The molecule has 0 saturated carbocycles. The number of aryl methyl sites for hydroxylation is 1. The van der Waals surface area contributed by atoms with Gasteiger partial charge in [0.15, 0.2) is 14.6 Å². The average Bonchev–Trinajstić information content (AvgIpc) is 2.60. The summed E-state index contributed by atoms with van der Waals surface area (Å²) in [5.41, 5.74) is 1.32. The third-order valence-electron chi connectivity index (χ3n) is 5.37. The van der Waals surface area contributed by atoms with Crippen LogP contribution in [0.25, 0.3) is 0 Å². The number of methoxy groups -OCH3 is 1. The quantitative estimate of drug-likeness (QED) is 0.260. The fourth-order valence-electron chi connectivity index (χ4n) is 2.75. The summed E-state index contributed by atoms with van der Waals surface area (Å²) < 4.78 is 37.1. The molecule has 3 unspecified atom stereocenters. The van der Waals surface area contributed by atoms with Crippen molar-refractivity contribution in [2.24, 2.45) is 0 Å². The Hall–Kier alpha value is -0.493. The van der Waals surface area contributed by atoms with Gasteiger partial charge in [0, 0.05) is 14.2 Å². The first kappa shape index (κ1) is 24.5. The lowest BCUT2D eigenvalue weighted by Gasteiger charge is -2.42. The van der Waals surface area contributed by atoms with Crippen molar-refractivity contribution in [2.75, 3.05) is 20.8 Å². The highest BCUT2D eigenvalue weighted by Gasteiger charge is 2.48. The molecule has 0 aromatic heterocycles. The van der Waals surface area contributed by atoms with Crippen LogP contribution in [0.2, 0.25) is 18.1 Å². The first-order valence-electron chi connectivity index (χ1n) is 9.55. The molecule has 0 aliphatic rings. The minimum absolute atomic E-state index is 0.0126. The van der Waals surface area contributed by atoms with E-state index in [1.165, 1.54) is 7.11 Å². The summed E-state index contributed by atoms with van der Waals surface area (Å²) in [4.78, 5) is 0. The summed E-state index contributed by atoms with van der Waals surface area (Å²) in [6, 6.07) is 7.92. The molecular weight excluding hydrogens is 379 g/mol. The van der Waals surface area contributed by atoms with Gasteiger partial charge >= 0.3 is 7.60 Å². The predicted molar refractivity (Wildman–Crippen MR) is 114 cm³/mol. The van der Waals surface area contributed by atoms with Gasteiger partial charge in [-0.05, 0) is 42.6 Å². The zero-order chi connectivity index (χ0) is 20.9. The van der Waals surface area contributed by atoms with Crippen molar-refractivity contribution < 1.29 is 22.8 Å². The minimum Gasteiger partial charge on any atom is -0.391 e. The van der Waals surface area contributed by atoms with E-state index >= 15 is 0 Å². The molecule has 0 amide bonds. The van der Waals surface area contributed by atoms with Crippen LogP contribution in [0.15, 0.2) is 24.3 Å². The van der Waals surface area contributed by atoms with Crippen molar-refractivity contribution in [2.45, 2.75) is 71.1 Å². The lowest BCUT2D eigenvalue weighted by atomic mass is 10.0. The highest BCUT2D eigenvalue weighted by molar-refractivity contribution is 7.54. The van der Waals surface area contributed by atoms with Gasteiger partial charge in [-0.25, -0.2) is 0 Å². The topological polar surface area (TPSA) is 54.0 Å². The molecule has 0 radical (unpaired) electrons. The molecule has 1 aromatic carbocycles. The summed E-state index contributed by atoms with van der Waals surface area (Å²) in [7, 11) is -2.68. The van der Waals surface area contributed by atoms with Gasteiger partial charge in [0.1, 0.15) is 5.66 Å². The molecular formula is C20H37O5PSi. The zero-order valence-corrected chi connectivity index (χ0v) is 20.3. The fourth-order valence-corrected chi connectivity index (χ4v) is 5.95. The van der Waals surface area contributed by atoms with Crippen molar-refractivity contribution in [1.29, 1.82) is 0 Å². The van der Waals surface area contributed by atoms with Gasteiger partial charge in [0.2, 0.25) is 0 Å². The molecule has 0 N–H and O–H groups in total. The van der Waals surface area contributed by atoms with Gasteiger partial charge in [-0.15, -0.1) is 0 Å². The van der Waals surface area contributed by atoms with Crippen LogP contribution in [0.4, 0.5) is 0 Å². The number of ether oxygens (including phenoxy) is 1. The molecule has 1 rings (SSSR count). The van der Waals surface area contributed by atoms with Crippen molar-refractivity contribution in [3.8, 4) is 0 Å². The Labute approximate surface area is 166 Å². The maximum absolute atomic E-state index is 13.7. The normalized spacial score (nSPS) is 17.4. The van der Waals surface area contributed by atoms with Crippen LogP contribution in [0, 0.1) is 0 Å². The van der Waals surface area contributed by atoms with Crippen molar-refractivity contribution in [1.82, 2.24) is 0 Å². The standard InChI is InChI=1S/C20H37O5PSi/c1-10-16-14-12-13-15-17(16)18(26(21,23-7)24-11-2)19(22-6)25-27(8,9)20(3,4)5/h12-15,18-19H,10-11H2,1-9H3. The average molecular weight is 417 g/mol. The molecule has 0 saturated heterocycles. The lowest BCUT2D eigenvalue weighted by molar-refractivity contribution is -0.0700. The Bertz CT molecular complexity index is 642. The summed E-state index contributed by atoms with van der Waals surface area (Å²) in [5, 5.41) is -0.0126. The fraction of sp³-hybridized carbons (Fsp3) is 0.700. The molecule has 0 aliphatic heterocycles. The van der Waals surface area contributed by atoms with Gasteiger partial charge < -0.3 is 18.2 Å². The van der Waals surface area contributed by atoms with E-state index in [0.29, 0.717) is 0 Å². The first-order chi connectivity index (χ1) is 12.5. The van der Waals surface area contributed by atoms with Crippen LogP contribution < -0.4 is 0 Å². The van der Waals surface area contributed by atoms with Crippen LogP contribution in [0.3, 0.4) is 0 Å². The Morgan fingerprint density at radius 1 is 1.11 bits per heavy atom. The monoisotopic (exact) mass is 416 g/mol. The molecule has 7 heteroatoms. The summed E-state index contributed by atoms with van der Waals surface area (Å²) in [6.45, 7) is 15.0. The van der Waals surface area contributed by atoms with E-state index in [4.69, 9.17) is 18.2 Å². The lowest BCUT2D eigenvalue weighted by Crippen LogP contribution is -2.46. The Balaban J connectivity index is 3.54. The number of hydrogen-bond acceptors (Lipinski definition) is 5. The van der Waals surface area contributed by atoms with Crippen LogP contribution in [0.1, 0.15) is 51.4 Å². The highest BCUT2D eigenvalue weighted by atomic mass is 31.2. The van der Waals surface area contributed by atoms with E-state index in [0.717, 1.165) is 17.5 Å². The van der Waals surface area contributed by atoms with E-state index in [2.05, 4.69) is 40.8 Å². The maximum Gasteiger partial charge on any atom is 0.342 e. The summed E-state index contributed by atoms with van der Waals surface area (Å²) in [5.74, 6) is 0. The Kier molecular flexibility index (Phi) is 8.92. The molecule has 27 heavy (non-hydrogen) atoms. The zero-order valence-electron chi connectivity index (χ0n) is 18.4. The second-order valence-corrected chi connectivity index (χ2v) is 15.1. The van der Waals surface area contributed by atoms with E-state index in [1.807, 2.05) is 31.2 Å². The number of benzene rings is 1. The van der Waals surface area contributed by atoms with Crippen molar-refractivity contribution in [3.63, 3.8) is 0 Å². The smallest absolute Gasteiger partial charge is 0.342 e. The largest absolute Gasteiger partial charge is 0.391 e. The van der Waals surface area contributed by atoms with Crippen LogP contribution >= 0.6 is 7.60 Å². The third-order valence-corrected chi connectivity index (χ3v) is 12.1. The molecule has 5 nitrogen and oxygen atoms in total. The van der Waals surface area contributed by atoms with Gasteiger partial charge in [0.25, 0.3) is 0 Å². The molecule has 0 heterocycles. The van der Waals surface area contributed by atoms with Crippen molar-refractivity contribution in [3.05, 3.63) is 35.4 Å². The summed E-state index contributed by atoms with van der Waals surface area (Å²) >= 11 is 0.